The van der Waals surface area contributed by atoms with Crippen LogP contribution in [0.15, 0.2) is 0 Å². The Morgan fingerprint density at radius 2 is 2.09 bits per heavy atom. The largest absolute Gasteiger partial charge is 0.352 e. The van der Waals surface area contributed by atoms with Gasteiger partial charge >= 0.3 is 5.69 Å². The third-order valence-corrected chi connectivity index (χ3v) is 3.48. The van der Waals surface area contributed by atoms with Gasteiger partial charge in [-0.05, 0) is 26.2 Å². The number of hydrogen-bond acceptors (Lipinski definition) is 5. The Bertz CT molecular complexity index is 539. The summed E-state index contributed by atoms with van der Waals surface area (Å²) in [7, 11) is 0. The van der Waals surface area contributed by atoms with Gasteiger partial charge in [0.2, 0.25) is 5.91 Å². The quantitative estimate of drug-likeness (QED) is 0.554. The van der Waals surface area contributed by atoms with Crippen molar-refractivity contribution in [2.24, 2.45) is 11.7 Å². The van der Waals surface area contributed by atoms with E-state index >= 15 is 0 Å². The molecule has 1 rings (SSSR count). The van der Waals surface area contributed by atoms with Gasteiger partial charge in [-0.25, -0.2) is 0 Å². The lowest BCUT2D eigenvalue weighted by atomic mass is 10.0. The summed E-state index contributed by atoms with van der Waals surface area (Å²) in [4.78, 5) is 22.5. The molecule has 0 aliphatic heterocycles. The molecule has 0 bridgehead atoms. The van der Waals surface area contributed by atoms with Crippen LogP contribution in [-0.4, -0.2) is 33.2 Å². The number of hydrogen-bond donors (Lipinski definition) is 2. The Labute approximate surface area is 130 Å². The van der Waals surface area contributed by atoms with Gasteiger partial charge in [0, 0.05) is 19.0 Å². The standard InChI is InChI=1S/C14H25N5O3/c1-9(2)7-12(8-15)16-13(20)5-6-18-11(4)14(19(21)22)10(3)17-18/h9,12H,5-8,15H2,1-4H3,(H,16,20). The Kier molecular flexibility index (Phi) is 6.48. The summed E-state index contributed by atoms with van der Waals surface area (Å²) in [5.74, 6) is 0.332. The van der Waals surface area contributed by atoms with Gasteiger partial charge in [-0.15, -0.1) is 0 Å². The third kappa shape index (κ3) is 4.80. The van der Waals surface area contributed by atoms with Crippen LogP contribution in [0.1, 0.15) is 38.1 Å². The van der Waals surface area contributed by atoms with Crippen LogP contribution in [0.5, 0.6) is 0 Å². The van der Waals surface area contributed by atoms with Crippen molar-refractivity contribution in [2.75, 3.05) is 6.54 Å². The van der Waals surface area contributed by atoms with Crippen molar-refractivity contribution in [2.45, 2.75) is 53.1 Å². The number of aromatic nitrogens is 2. The highest BCUT2D eigenvalue weighted by Crippen LogP contribution is 2.21. The molecule has 1 unspecified atom stereocenters. The van der Waals surface area contributed by atoms with Crippen LogP contribution in [-0.2, 0) is 11.3 Å². The van der Waals surface area contributed by atoms with Gasteiger partial charge in [0.15, 0.2) is 0 Å². The molecule has 3 N–H and O–H groups in total. The number of nitrogens with two attached hydrogens (primary N) is 1. The molecule has 1 heterocycles. The van der Waals surface area contributed by atoms with Gasteiger partial charge in [0.05, 0.1) is 11.5 Å². The Morgan fingerprint density at radius 3 is 2.55 bits per heavy atom. The summed E-state index contributed by atoms with van der Waals surface area (Å²) in [5, 5.41) is 18.0. The Morgan fingerprint density at radius 1 is 1.45 bits per heavy atom. The molecule has 8 heteroatoms. The number of rotatable bonds is 8. The van der Waals surface area contributed by atoms with Crippen molar-refractivity contribution in [1.29, 1.82) is 0 Å². The number of amides is 1. The van der Waals surface area contributed by atoms with Crippen molar-refractivity contribution in [1.82, 2.24) is 15.1 Å². The molecule has 0 aliphatic carbocycles. The van der Waals surface area contributed by atoms with Crippen molar-refractivity contribution < 1.29 is 9.72 Å². The normalized spacial score (nSPS) is 12.5. The average Bonchev–Trinajstić information content (AvgIpc) is 2.69. The summed E-state index contributed by atoms with van der Waals surface area (Å²) in [6, 6.07) is -0.0395. The molecule has 8 nitrogen and oxygen atoms in total. The van der Waals surface area contributed by atoms with Gasteiger partial charge < -0.3 is 11.1 Å². The first kappa shape index (κ1) is 18.1. The summed E-state index contributed by atoms with van der Waals surface area (Å²) < 4.78 is 1.51. The molecule has 0 radical (unpaired) electrons. The van der Waals surface area contributed by atoms with E-state index in [1.165, 1.54) is 4.68 Å². The van der Waals surface area contributed by atoms with Crippen LogP contribution in [0, 0.1) is 29.9 Å². The maximum Gasteiger partial charge on any atom is 0.312 e. The first-order valence-electron chi connectivity index (χ1n) is 7.44. The highest BCUT2D eigenvalue weighted by molar-refractivity contribution is 5.76. The van der Waals surface area contributed by atoms with E-state index in [0.29, 0.717) is 30.4 Å². The zero-order valence-electron chi connectivity index (χ0n) is 13.6. The van der Waals surface area contributed by atoms with Gasteiger partial charge in [-0.3, -0.25) is 19.6 Å². The number of nitro groups is 1. The second-order valence-corrected chi connectivity index (χ2v) is 5.88. The molecule has 0 saturated carbocycles. The van der Waals surface area contributed by atoms with Crippen LogP contribution in [0.4, 0.5) is 5.69 Å². The number of nitrogens with one attached hydrogen (secondary N) is 1. The van der Waals surface area contributed by atoms with E-state index < -0.39 is 4.92 Å². The third-order valence-electron chi connectivity index (χ3n) is 3.48. The molecule has 124 valence electrons. The molecule has 0 aliphatic rings. The van der Waals surface area contributed by atoms with Crippen LogP contribution in [0.2, 0.25) is 0 Å². The fourth-order valence-corrected chi connectivity index (χ4v) is 2.46. The highest BCUT2D eigenvalue weighted by Gasteiger charge is 2.22. The maximum atomic E-state index is 12.0. The molecule has 0 saturated heterocycles. The van der Waals surface area contributed by atoms with E-state index in [1.54, 1.807) is 13.8 Å². The van der Waals surface area contributed by atoms with E-state index in [-0.39, 0.29) is 24.1 Å². The van der Waals surface area contributed by atoms with E-state index in [0.717, 1.165) is 6.42 Å². The van der Waals surface area contributed by atoms with Crippen LogP contribution >= 0.6 is 0 Å². The van der Waals surface area contributed by atoms with Crippen molar-refractivity contribution in [3.05, 3.63) is 21.5 Å². The Balaban J connectivity index is 2.61. The Hall–Kier alpha value is -1.96. The molecule has 1 amide bonds. The summed E-state index contributed by atoms with van der Waals surface area (Å²) in [6.07, 6.45) is 1.04. The SMILES string of the molecule is Cc1nn(CCC(=O)NC(CN)CC(C)C)c(C)c1[N+](=O)[O-]. The van der Waals surface area contributed by atoms with Crippen LogP contribution < -0.4 is 11.1 Å². The minimum Gasteiger partial charge on any atom is -0.352 e. The van der Waals surface area contributed by atoms with Gasteiger partial charge in [-0.1, -0.05) is 13.8 Å². The number of carbonyl (C=O) groups excluding carboxylic acids is 1. The lowest BCUT2D eigenvalue weighted by Crippen LogP contribution is -2.41. The average molecular weight is 311 g/mol. The molecule has 0 aromatic carbocycles. The maximum absolute atomic E-state index is 12.0. The molecule has 22 heavy (non-hydrogen) atoms. The van der Waals surface area contributed by atoms with Crippen molar-refractivity contribution in [3.8, 4) is 0 Å². The molecular formula is C14H25N5O3. The smallest absolute Gasteiger partial charge is 0.312 e. The zero-order valence-corrected chi connectivity index (χ0v) is 13.6. The van der Waals surface area contributed by atoms with Crippen LogP contribution in [0.3, 0.4) is 0 Å². The molecule has 0 fully saturated rings. The summed E-state index contributed by atoms with van der Waals surface area (Å²) in [5.41, 5.74) is 6.49. The van der Waals surface area contributed by atoms with Gasteiger partial charge in [0.25, 0.3) is 0 Å². The molecule has 1 atom stereocenters. The van der Waals surface area contributed by atoms with Gasteiger partial charge in [-0.2, -0.15) is 5.10 Å². The van der Waals surface area contributed by atoms with E-state index in [1.807, 2.05) is 0 Å². The highest BCUT2D eigenvalue weighted by atomic mass is 16.6. The molecule has 1 aromatic heterocycles. The minimum atomic E-state index is -0.443. The number of aryl methyl sites for hydroxylation is 2. The monoisotopic (exact) mass is 311 g/mol. The summed E-state index contributed by atoms with van der Waals surface area (Å²) in [6.45, 7) is 8.08. The van der Waals surface area contributed by atoms with Crippen molar-refractivity contribution in [3.63, 3.8) is 0 Å². The topological polar surface area (TPSA) is 116 Å². The fraction of sp³-hybridized carbons (Fsp3) is 0.714. The number of nitrogens with zero attached hydrogens (tertiary/aromatic N) is 3. The minimum absolute atomic E-state index is 0.0139. The van der Waals surface area contributed by atoms with Crippen molar-refractivity contribution >= 4 is 11.6 Å². The van der Waals surface area contributed by atoms with E-state index in [4.69, 9.17) is 5.73 Å². The number of carbonyl (C=O) groups is 1. The first-order chi connectivity index (χ1) is 10.3. The second-order valence-electron chi connectivity index (χ2n) is 5.88. The van der Waals surface area contributed by atoms with Gasteiger partial charge in [0.1, 0.15) is 11.4 Å². The lowest BCUT2D eigenvalue weighted by Gasteiger charge is -2.18. The predicted molar refractivity (Wildman–Crippen MR) is 83.4 cm³/mol. The van der Waals surface area contributed by atoms with E-state index in [9.17, 15) is 14.9 Å². The second kappa shape index (κ2) is 7.88. The van der Waals surface area contributed by atoms with Crippen LogP contribution in [0.25, 0.3) is 0 Å². The fourth-order valence-electron chi connectivity index (χ4n) is 2.46. The summed E-state index contributed by atoms with van der Waals surface area (Å²) >= 11 is 0. The van der Waals surface area contributed by atoms with E-state index in [2.05, 4.69) is 24.3 Å². The molecular weight excluding hydrogens is 286 g/mol. The molecule has 1 aromatic rings. The predicted octanol–water partition coefficient (Wildman–Crippen LogP) is 1.29. The first-order valence-corrected chi connectivity index (χ1v) is 7.44. The molecule has 0 spiro atoms. The zero-order chi connectivity index (χ0) is 16.9. The lowest BCUT2D eigenvalue weighted by molar-refractivity contribution is -0.386.